The quantitative estimate of drug-likeness (QED) is 0.581. The van der Waals surface area contributed by atoms with Gasteiger partial charge in [-0.25, -0.2) is 4.98 Å². The van der Waals surface area contributed by atoms with Crippen molar-refractivity contribution in [3.8, 4) is 10.8 Å². The molecule has 0 aliphatic carbocycles. The third kappa shape index (κ3) is 2.21. The van der Waals surface area contributed by atoms with Crippen molar-refractivity contribution in [1.29, 1.82) is 0 Å². The molecule has 0 radical (unpaired) electrons. The van der Waals surface area contributed by atoms with Gasteiger partial charge in [-0.3, -0.25) is 9.36 Å². The molecule has 0 saturated carbocycles. The summed E-state index contributed by atoms with van der Waals surface area (Å²) in [6.07, 6.45) is 1.51. The molecule has 4 aromatic rings. The Balaban J connectivity index is 1.69. The predicted octanol–water partition coefficient (Wildman–Crippen LogP) is 2.56. The molecule has 3 heterocycles. The zero-order chi connectivity index (χ0) is 14.9. The minimum Gasteiger partial charge on any atom is -0.333 e. The molecular weight excluding hydrogens is 300 g/mol. The van der Waals surface area contributed by atoms with Crippen molar-refractivity contribution in [2.75, 3.05) is 0 Å². The molecular formula is C15H10N4O2S. The fraction of sp³-hybridized carbons (Fsp3) is 0.0667. The van der Waals surface area contributed by atoms with Crippen LogP contribution in [-0.2, 0) is 6.54 Å². The van der Waals surface area contributed by atoms with Gasteiger partial charge in [0.05, 0.1) is 28.7 Å². The number of nitrogens with zero attached hydrogens (tertiary/aromatic N) is 4. The lowest BCUT2D eigenvalue weighted by Crippen LogP contribution is -2.21. The first-order chi connectivity index (χ1) is 10.8. The Kier molecular flexibility index (Phi) is 3.05. The van der Waals surface area contributed by atoms with E-state index in [0.717, 1.165) is 4.88 Å². The van der Waals surface area contributed by atoms with Gasteiger partial charge in [-0.05, 0) is 23.6 Å². The van der Waals surface area contributed by atoms with Crippen LogP contribution in [0.15, 0.2) is 57.4 Å². The van der Waals surface area contributed by atoms with E-state index in [4.69, 9.17) is 4.52 Å². The van der Waals surface area contributed by atoms with Crippen molar-refractivity contribution in [3.63, 3.8) is 0 Å². The molecule has 3 aromatic heterocycles. The normalized spacial score (nSPS) is 11.1. The van der Waals surface area contributed by atoms with Gasteiger partial charge in [-0.1, -0.05) is 23.4 Å². The summed E-state index contributed by atoms with van der Waals surface area (Å²) in [5.41, 5.74) is 0.559. The topological polar surface area (TPSA) is 73.8 Å². The van der Waals surface area contributed by atoms with E-state index in [2.05, 4.69) is 15.1 Å². The minimum absolute atomic E-state index is 0.118. The molecule has 4 rings (SSSR count). The highest BCUT2D eigenvalue weighted by molar-refractivity contribution is 7.13. The summed E-state index contributed by atoms with van der Waals surface area (Å²) in [4.78, 5) is 21.9. The Hall–Kier alpha value is -2.80. The second kappa shape index (κ2) is 5.19. The van der Waals surface area contributed by atoms with Gasteiger partial charge in [0.2, 0.25) is 0 Å². The molecule has 22 heavy (non-hydrogen) atoms. The largest absolute Gasteiger partial charge is 0.333 e. The zero-order valence-corrected chi connectivity index (χ0v) is 12.2. The van der Waals surface area contributed by atoms with Crippen LogP contribution in [0, 0.1) is 0 Å². The number of para-hydroxylation sites is 1. The molecule has 6 nitrogen and oxygen atoms in total. The van der Waals surface area contributed by atoms with E-state index in [1.165, 1.54) is 22.2 Å². The maximum Gasteiger partial charge on any atom is 0.268 e. The summed E-state index contributed by atoms with van der Waals surface area (Å²) in [5, 5.41) is 6.44. The first-order valence-corrected chi connectivity index (χ1v) is 7.50. The number of thiophene rings is 1. The van der Waals surface area contributed by atoms with Gasteiger partial charge in [0, 0.05) is 0 Å². The smallest absolute Gasteiger partial charge is 0.268 e. The first kappa shape index (κ1) is 12.9. The van der Waals surface area contributed by atoms with Crippen molar-refractivity contribution in [3.05, 3.63) is 64.3 Å². The van der Waals surface area contributed by atoms with Crippen LogP contribution in [0.4, 0.5) is 0 Å². The van der Waals surface area contributed by atoms with Gasteiger partial charge in [0.1, 0.15) is 0 Å². The Morgan fingerprint density at radius 1 is 1.18 bits per heavy atom. The van der Waals surface area contributed by atoms with E-state index >= 15 is 0 Å². The van der Waals surface area contributed by atoms with Crippen LogP contribution in [-0.4, -0.2) is 19.7 Å². The summed E-state index contributed by atoms with van der Waals surface area (Å²) in [6.45, 7) is 0.228. The van der Waals surface area contributed by atoms with E-state index in [1.54, 1.807) is 6.07 Å². The first-order valence-electron chi connectivity index (χ1n) is 6.62. The van der Waals surface area contributed by atoms with Gasteiger partial charge in [-0.15, -0.1) is 11.3 Å². The Morgan fingerprint density at radius 2 is 2.09 bits per heavy atom. The molecule has 7 heteroatoms. The fourth-order valence-corrected chi connectivity index (χ4v) is 2.83. The van der Waals surface area contributed by atoms with E-state index in [-0.39, 0.29) is 12.1 Å². The van der Waals surface area contributed by atoms with E-state index in [9.17, 15) is 4.79 Å². The van der Waals surface area contributed by atoms with Gasteiger partial charge in [0.25, 0.3) is 11.4 Å². The Labute approximate surface area is 128 Å². The summed E-state index contributed by atoms with van der Waals surface area (Å²) < 4.78 is 6.70. The lowest BCUT2D eigenvalue weighted by Gasteiger charge is -2.03. The maximum absolute atomic E-state index is 12.4. The third-order valence-corrected chi connectivity index (χ3v) is 4.10. The van der Waals surface area contributed by atoms with Gasteiger partial charge in [0.15, 0.2) is 5.82 Å². The lowest BCUT2D eigenvalue weighted by molar-refractivity contribution is 0.421. The van der Waals surface area contributed by atoms with Gasteiger partial charge >= 0.3 is 0 Å². The average molecular weight is 310 g/mol. The fourth-order valence-electron chi connectivity index (χ4n) is 2.19. The molecule has 0 N–H and O–H groups in total. The van der Waals surface area contributed by atoms with Crippen LogP contribution in [0.2, 0.25) is 0 Å². The Morgan fingerprint density at radius 3 is 2.95 bits per heavy atom. The summed E-state index contributed by atoms with van der Waals surface area (Å²) in [5.74, 6) is 0.911. The van der Waals surface area contributed by atoms with Crippen molar-refractivity contribution in [2.24, 2.45) is 0 Å². The highest BCUT2D eigenvalue weighted by atomic mass is 32.1. The lowest BCUT2D eigenvalue weighted by atomic mass is 10.2. The van der Waals surface area contributed by atoms with Crippen molar-refractivity contribution in [2.45, 2.75) is 6.54 Å². The number of fused-ring (bicyclic) bond motifs is 1. The highest BCUT2D eigenvalue weighted by Crippen LogP contribution is 2.22. The van der Waals surface area contributed by atoms with Crippen molar-refractivity contribution in [1.82, 2.24) is 19.7 Å². The molecule has 1 aromatic carbocycles. The average Bonchev–Trinajstić information content (AvgIpc) is 3.21. The predicted molar refractivity (Wildman–Crippen MR) is 82.7 cm³/mol. The van der Waals surface area contributed by atoms with Gasteiger partial charge < -0.3 is 4.52 Å². The molecule has 0 atom stereocenters. The second-order valence-corrected chi connectivity index (χ2v) is 5.64. The van der Waals surface area contributed by atoms with E-state index in [1.807, 2.05) is 35.7 Å². The molecule has 0 amide bonds. The molecule has 108 valence electrons. The zero-order valence-electron chi connectivity index (χ0n) is 11.3. The van der Waals surface area contributed by atoms with Crippen molar-refractivity contribution < 1.29 is 4.52 Å². The van der Waals surface area contributed by atoms with Crippen LogP contribution in [0.1, 0.15) is 5.82 Å². The number of hydrogen-bond donors (Lipinski definition) is 0. The molecule has 0 aliphatic heterocycles. The Bertz CT molecular complexity index is 988. The molecule has 0 fully saturated rings. The summed E-state index contributed by atoms with van der Waals surface area (Å²) in [7, 11) is 0. The van der Waals surface area contributed by atoms with Crippen LogP contribution in [0.5, 0.6) is 0 Å². The molecule has 0 bridgehead atoms. The number of aromatic nitrogens is 4. The number of benzene rings is 1. The van der Waals surface area contributed by atoms with Crippen molar-refractivity contribution >= 4 is 22.2 Å². The van der Waals surface area contributed by atoms with E-state index < -0.39 is 0 Å². The number of rotatable bonds is 3. The molecule has 0 unspecified atom stereocenters. The van der Waals surface area contributed by atoms with Crippen LogP contribution in [0.3, 0.4) is 0 Å². The standard InChI is InChI=1S/C15H10N4O2S/c20-15-10-4-1-2-5-11(10)16-9-19(15)8-13-17-14(21-18-13)12-6-3-7-22-12/h1-7,9H,8H2. The van der Waals surface area contributed by atoms with E-state index in [0.29, 0.717) is 22.6 Å². The van der Waals surface area contributed by atoms with Crippen LogP contribution >= 0.6 is 11.3 Å². The third-order valence-electron chi connectivity index (χ3n) is 3.24. The van der Waals surface area contributed by atoms with Crippen LogP contribution in [0.25, 0.3) is 21.7 Å². The van der Waals surface area contributed by atoms with Gasteiger partial charge in [-0.2, -0.15) is 4.98 Å². The maximum atomic E-state index is 12.4. The highest BCUT2D eigenvalue weighted by Gasteiger charge is 2.11. The SMILES string of the molecule is O=c1c2ccccc2ncn1Cc1noc(-c2cccs2)n1. The molecule has 0 aliphatic rings. The minimum atomic E-state index is -0.118. The summed E-state index contributed by atoms with van der Waals surface area (Å²) in [6, 6.07) is 11.1. The summed E-state index contributed by atoms with van der Waals surface area (Å²) >= 11 is 1.52. The molecule has 0 spiro atoms. The monoisotopic (exact) mass is 310 g/mol. The number of hydrogen-bond acceptors (Lipinski definition) is 6. The van der Waals surface area contributed by atoms with Crippen LogP contribution < -0.4 is 5.56 Å². The second-order valence-electron chi connectivity index (χ2n) is 4.69. The molecule has 0 saturated heterocycles.